The van der Waals surface area contributed by atoms with Crippen LogP contribution in [0.5, 0.6) is 5.75 Å². The number of ether oxygens (including phenoxy) is 1. The van der Waals surface area contributed by atoms with Gasteiger partial charge in [0.1, 0.15) is 11.4 Å². The zero-order chi connectivity index (χ0) is 20.2. The molecule has 0 spiro atoms. The lowest BCUT2D eigenvalue weighted by molar-refractivity contribution is 0.0725. The third-order valence-electron chi connectivity index (χ3n) is 5.20. The Kier molecular flexibility index (Phi) is 5.51. The van der Waals surface area contributed by atoms with Crippen LogP contribution >= 0.6 is 0 Å². The van der Waals surface area contributed by atoms with Gasteiger partial charge in [-0.15, -0.1) is 0 Å². The van der Waals surface area contributed by atoms with E-state index in [9.17, 15) is 9.59 Å². The van der Waals surface area contributed by atoms with Crippen LogP contribution in [0.15, 0.2) is 48.5 Å². The lowest BCUT2D eigenvalue weighted by Crippen LogP contribution is -2.36. The van der Waals surface area contributed by atoms with Crippen molar-refractivity contribution in [3.05, 3.63) is 59.8 Å². The second-order valence-corrected chi connectivity index (χ2v) is 7.22. The normalized spacial score (nSPS) is 14.0. The van der Waals surface area contributed by atoms with Crippen LogP contribution in [0.4, 0.5) is 5.69 Å². The summed E-state index contributed by atoms with van der Waals surface area (Å²) in [6.45, 7) is 4.05. The Morgan fingerprint density at radius 3 is 2.66 bits per heavy atom. The minimum absolute atomic E-state index is 0.0291. The first kappa shape index (κ1) is 19.1. The summed E-state index contributed by atoms with van der Waals surface area (Å²) in [6, 6.07) is 14.7. The van der Waals surface area contributed by atoms with Gasteiger partial charge in [-0.2, -0.15) is 0 Å². The number of H-pyrrole nitrogens is 1. The third-order valence-corrected chi connectivity index (χ3v) is 5.20. The number of amides is 2. The van der Waals surface area contributed by atoms with E-state index in [1.165, 1.54) is 0 Å². The average molecular weight is 391 g/mol. The van der Waals surface area contributed by atoms with Gasteiger partial charge in [-0.1, -0.05) is 12.1 Å². The summed E-state index contributed by atoms with van der Waals surface area (Å²) >= 11 is 0. The van der Waals surface area contributed by atoms with Gasteiger partial charge in [0, 0.05) is 30.1 Å². The van der Waals surface area contributed by atoms with Crippen molar-refractivity contribution in [1.29, 1.82) is 0 Å². The molecule has 2 aromatic carbocycles. The molecule has 2 amide bonds. The van der Waals surface area contributed by atoms with E-state index in [0.717, 1.165) is 49.0 Å². The van der Waals surface area contributed by atoms with Crippen LogP contribution in [0.25, 0.3) is 10.9 Å². The summed E-state index contributed by atoms with van der Waals surface area (Å²) in [6.07, 6.45) is 3.21. The molecule has 0 atom stereocenters. The number of carbonyl (C=O) groups is 2. The Balaban J connectivity index is 1.55. The number of piperidine rings is 1. The molecule has 1 aromatic heterocycles. The smallest absolute Gasteiger partial charge is 0.272 e. The van der Waals surface area contributed by atoms with E-state index >= 15 is 0 Å². The first-order valence-electron chi connectivity index (χ1n) is 10.1. The Hall–Kier alpha value is -3.28. The number of hydrogen-bond acceptors (Lipinski definition) is 3. The fourth-order valence-electron chi connectivity index (χ4n) is 3.72. The van der Waals surface area contributed by atoms with E-state index in [2.05, 4.69) is 10.3 Å². The minimum atomic E-state index is -0.280. The number of aromatic amines is 1. The molecule has 3 aromatic rings. The monoisotopic (exact) mass is 391 g/mol. The highest BCUT2D eigenvalue weighted by Crippen LogP contribution is 2.24. The maximum Gasteiger partial charge on any atom is 0.272 e. The van der Waals surface area contributed by atoms with Gasteiger partial charge in [0.15, 0.2) is 0 Å². The van der Waals surface area contributed by atoms with Gasteiger partial charge in [0.25, 0.3) is 11.8 Å². The standard InChI is InChI=1S/C23H25N3O3/c1-2-29-17-11-10-16-14-21(24-20(16)15-17)22(27)25-19-9-5-4-8-18(19)23(28)26-12-6-3-7-13-26/h4-5,8-11,14-15,24H,2-3,6-7,12-13H2,1H3,(H,25,27). The number of fused-ring (bicyclic) bond motifs is 1. The van der Waals surface area contributed by atoms with Crippen molar-refractivity contribution in [3.63, 3.8) is 0 Å². The van der Waals surface area contributed by atoms with Gasteiger partial charge in [0.05, 0.1) is 17.9 Å². The molecule has 6 nitrogen and oxygen atoms in total. The van der Waals surface area contributed by atoms with Crippen LogP contribution in [0.3, 0.4) is 0 Å². The number of anilines is 1. The molecule has 6 heteroatoms. The number of para-hydroxylation sites is 1. The van der Waals surface area contributed by atoms with E-state index in [4.69, 9.17) is 4.74 Å². The number of rotatable bonds is 5. The SMILES string of the molecule is CCOc1ccc2cc(C(=O)Nc3ccccc3C(=O)N3CCCCC3)[nH]c2c1. The van der Waals surface area contributed by atoms with Crippen molar-refractivity contribution < 1.29 is 14.3 Å². The van der Waals surface area contributed by atoms with Crippen LogP contribution in [0.2, 0.25) is 0 Å². The number of carbonyl (C=O) groups excluding carboxylic acids is 2. The number of hydrogen-bond donors (Lipinski definition) is 2. The minimum Gasteiger partial charge on any atom is -0.494 e. The molecule has 0 bridgehead atoms. The van der Waals surface area contributed by atoms with E-state index in [-0.39, 0.29) is 11.8 Å². The maximum atomic E-state index is 12.9. The molecule has 150 valence electrons. The second-order valence-electron chi connectivity index (χ2n) is 7.22. The highest BCUT2D eigenvalue weighted by Gasteiger charge is 2.21. The Morgan fingerprint density at radius 1 is 1.07 bits per heavy atom. The van der Waals surface area contributed by atoms with Gasteiger partial charge < -0.3 is 19.9 Å². The molecule has 1 aliphatic heterocycles. The predicted molar refractivity (Wildman–Crippen MR) is 114 cm³/mol. The predicted octanol–water partition coefficient (Wildman–Crippen LogP) is 4.45. The lowest BCUT2D eigenvalue weighted by Gasteiger charge is -2.27. The molecule has 1 saturated heterocycles. The molecule has 1 aliphatic rings. The molecule has 4 rings (SSSR count). The van der Waals surface area contributed by atoms with E-state index in [1.54, 1.807) is 18.2 Å². The second kappa shape index (κ2) is 8.39. The van der Waals surface area contributed by atoms with Crippen LogP contribution < -0.4 is 10.1 Å². The fraction of sp³-hybridized carbons (Fsp3) is 0.304. The molecule has 0 aliphatic carbocycles. The van der Waals surface area contributed by atoms with Gasteiger partial charge in [-0.25, -0.2) is 0 Å². The number of nitrogens with one attached hydrogen (secondary N) is 2. The van der Waals surface area contributed by atoms with Crippen LogP contribution in [0, 0.1) is 0 Å². The lowest BCUT2D eigenvalue weighted by atomic mass is 10.1. The highest BCUT2D eigenvalue weighted by atomic mass is 16.5. The van der Waals surface area contributed by atoms with Gasteiger partial charge in [-0.05, 0) is 56.5 Å². The molecular weight excluding hydrogens is 366 g/mol. The summed E-state index contributed by atoms with van der Waals surface area (Å²) in [7, 11) is 0. The molecule has 0 unspecified atom stereocenters. The van der Waals surface area contributed by atoms with Crippen molar-refractivity contribution in [2.24, 2.45) is 0 Å². The largest absolute Gasteiger partial charge is 0.494 e. The molecule has 29 heavy (non-hydrogen) atoms. The molecule has 0 saturated carbocycles. The third kappa shape index (κ3) is 4.11. The van der Waals surface area contributed by atoms with Crippen molar-refractivity contribution in [2.45, 2.75) is 26.2 Å². The zero-order valence-electron chi connectivity index (χ0n) is 16.5. The number of benzene rings is 2. The Labute approximate surface area is 169 Å². The molecule has 2 N–H and O–H groups in total. The van der Waals surface area contributed by atoms with E-state index in [1.807, 2.05) is 42.2 Å². The first-order chi connectivity index (χ1) is 14.2. The molecule has 2 heterocycles. The summed E-state index contributed by atoms with van der Waals surface area (Å²) in [5, 5.41) is 3.83. The molecule has 1 fully saturated rings. The molecule has 0 radical (unpaired) electrons. The topological polar surface area (TPSA) is 74.4 Å². The average Bonchev–Trinajstić information content (AvgIpc) is 3.18. The Morgan fingerprint density at radius 2 is 1.86 bits per heavy atom. The first-order valence-corrected chi connectivity index (χ1v) is 10.1. The number of aromatic nitrogens is 1. The summed E-state index contributed by atoms with van der Waals surface area (Å²) in [4.78, 5) is 30.8. The van der Waals surface area contributed by atoms with Crippen LogP contribution in [-0.2, 0) is 0 Å². The van der Waals surface area contributed by atoms with Crippen molar-refractivity contribution >= 4 is 28.4 Å². The van der Waals surface area contributed by atoms with Gasteiger partial charge >= 0.3 is 0 Å². The van der Waals surface area contributed by atoms with Crippen molar-refractivity contribution in [3.8, 4) is 5.75 Å². The number of likely N-dealkylation sites (tertiary alicyclic amines) is 1. The fourth-order valence-corrected chi connectivity index (χ4v) is 3.72. The van der Waals surface area contributed by atoms with Crippen molar-refractivity contribution in [1.82, 2.24) is 9.88 Å². The van der Waals surface area contributed by atoms with Crippen LogP contribution in [0.1, 0.15) is 47.0 Å². The maximum absolute atomic E-state index is 12.9. The summed E-state index contributed by atoms with van der Waals surface area (Å²) in [5.74, 6) is 0.447. The Bertz CT molecular complexity index is 1030. The van der Waals surface area contributed by atoms with Crippen molar-refractivity contribution in [2.75, 3.05) is 25.0 Å². The molecular formula is C23H25N3O3. The van der Waals surface area contributed by atoms with E-state index in [0.29, 0.717) is 23.6 Å². The zero-order valence-corrected chi connectivity index (χ0v) is 16.5. The van der Waals surface area contributed by atoms with Gasteiger partial charge in [0.2, 0.25) is 0 Å². The van der Waals surface area contributed by atoms with Gasteiger partial charge in [-0.3, -0.25) is 9.59 Å². The van der Waals surface area contributed by atoms with E-state index < -0.39 is 0 Å². The van der Waals surface area contributed by atoms with Crippen LogP contribution in [-0.4, -0.2) is 41.4 Å². The highest BCUT2D eigenvalue weighted by molar-refractivity contribution is 6.09. The summed E-state index contributed by atoms with van der Waals surface area (Å²) in [5.41, 5.74) is 2.33. The quantitative estimate of drug-likeness (QED) is 0.675. The number of nitrogens with zero attached hydrogens (tertiary/aromatic N) is 1. The summed E-state index contributed by atoms with van der Waals surface area (Å²) < 4.78 is 5.52.